The van der Waals surface area contributed by atoms with Crippen LogP contribution in [0.25, 0.3) is 11.0 Å². The van der Waals surface area contributed by atoms with E-state index in [-0.39, 0.29) is 11.5 Å². The van der Waals surface area contributed by atoms with Gasteiger partial charge < -0.3 is 26.4 Å². The molecule has 0 aromatic carbocycles. The number of fused-ring (bicyclic) bond motifs is 1. The molecule has 0 spiro atoms. The summed E-state index contributed by atoms with van der Waals surface area (Å²) in [5, 5.41) is 10.7. The minimum absolute atomic E-state index is 0.106. The van der Waals surface area contributed by atoms with Gasteiger partial charge in [-0.05, 0) is 22.0 Å². The highest BCUT2D eigenvalue weighted by molar-refractivity contribution is 9.10. The molecule has 3 heterocycles. The summed E-state index contributed by atoms with van der Waals surface area (Å²) in [6, 6.07) is 1.44. The molecular formula is C13H10BrN7O2. The summed E-state index contributed by atoms with van der Waals surface area (Å²) in [5.41, 5.74) is 6.44. The van der Waals surface area contributed by atoms with Crippen LogP contribution < -0.4 is 16.6 Å². The van der Waals surface area contributed by atoms with Crippen molar-refractivity contribution in [2.75, 3.05) is 11.1 Å². The van der Waals surface area contributed by atoms with Crippen LogP contribution in [0.1, 0.15) is 16.1 Å². The molecule has 0 atom stereocenters. The van der Waals surface area contributed by atoms with Gasteiger partial charge in [0.15, 0.2) is 6.29 Å². The molecular weight excluding hydrogens is 366 g/mol. The molecule has 9 nitrogen and oxygen atoms in total. The third-order valence-corrected chi connectivity index (χ3v) is 4.01. The van der Waals surface area contributed by atoms with Crippen LogP contribution in [-0.2, 0) is 0 Å². The lowest BCUT2D eigenvalue weighted by Gasteiger charge is -2.08. The van der Waals surface area contributed by atoms with Crippen LogP contribution in [0.5, 0.6) is 0 Å². The summed E-state index contributed by atoms with van der Waals surface area (Å²) < 4.78 is 0.491. The Morgan fingerprint density at radius 2 is 2.13 bits per heavy atom. The molecule has 3 aromatic heterocycles. The van der Waals surface area contributed by atoms with Crippen molar-refractivity contribution in [3.05, 3.63) is 38.5 Å². The Kier molecular flexibility index (Phi) is 3.66. The second-order valence-corrected chi connectivity index (χ2v) is 5.36. The smallest absolute Gasteiger partial charge is 0.273 e. The van der Waals surface area contributed by atoms with E-state index in [2.05, 4.69) is 41.2 Å². The average Bonchev–Trinajstić information content (AvgIpc) is 2.87. The predicted molar refractivity (Wildman–Crippen MR) is 89.6 cm³/mol. The number of H-pyrrole nitrogens is 2. The van der Waals surface area contributed by atoms with Crippen molar-refractivity contribution in [1.29, 1.82) is 5.41 Å². The number of halogens is 1. The number of anilines is 3. The molecule has 0 aliphatic carbocycles. The van der Waals surface area contributed by atoms with Gasteiger partial charge in [0, 0.05) is 11.8 Å². The van der Waals surface area contributed by atoms with E-state index in [0.717, 1.165) is 6.21 Å². The zero-order chi connectivity index (χ0) is 16.6. The number of nitrogens with two attached hydrogens (primary N) is 1. The lowest BCUT2D eigenvalue weighted by atomic mass is 10.2. The van der Waals surface area contributed by atoms with Gasteiger partial charge in [-0.3, -0.25) is 9.59 Å². The van der Waals surface area contributed by atoms with Crippen LogP contribution >= 0.6 is 15.9 Å². The number of rotatable bonds is 4. The van der Waals surface area contributed by atoms with Crippen molar-refractivity contribution in [2.24, 2.45) is 0 Å². The monoisotopic (exact) mass is 375 g/mol. The van der Waals surface area contributed by atoms with E-state index in [4.69, 9.17) is 11.1 Å². The normalized spacial score (nSPS) is 10.7. The van der Waals surface area contributed by atoms with Crippen LogP contribution in [0.4, 0.5) is 17.3 Å². The number of carbonyl (C=O) groups excluding carboxylic acids is 1. The van der Waals surface area contributed by atoms with Crippen molar-refractivity contribution in [3.63, 3.8) is 0 Å². The van der Waals surface area contributed by atoms with E-state index < -0.39 is 5.56 Å². The lowest BCUT2D eigenvalue weighted by molar-refractivity contribution is 0.111. The molecule has 0 bridgehead atoms. The molecule has 0 saturated heterocycles. The minimum atomic E-state index is -0.456. The van der Waals surface area contributed by atoms with Crippen molar-refractivity contribution in [3.8, 4) is 0 Å². The van der Waals surface area contributed by atoms with Crippen molar-refractivity contribution >= 4 is 56.8 Å². The standard InChI is InChI=1S/C13H10BrN7O2/c14-9-7(3-22)20-12-8(9)11(17-4-18-12)19-6-1-5(2-15)10(16)21-13(6)23/h1-4,15H,(H3,16,21,23)(H2,17,18,19,20). The molecule has 6 N–H and O–H groups in total. The molecule has 0 amide bonds. The highest BCUT2D eigenvalue weighted by Gasteiger charge is 2.16. The Morgan fingerprint density at radius 1 is 1.35 bits per heavy atom. The number of hydrogen-bond donors (Lipinski definition) is 5. The number of carbonyl (C=O) groups is 1. The first-order valence-electron chi connectivity index (χ1n) is 6.32. The van der Waals surface area contributed by atoms with Crippen LogP contribution in [0.15, 0.2) is 21.7 Å². The SMILES string of the molecule is N=Cc1cc(Nc2ncnc3[nH]c(C=O)c(Br)c23)c(=O)[nH]c1N. The molecule has 116 valence electrons. The summed E-state index contributed by atoms with van der Waals surface area (Å²) in [6.45, 7) is 0. The Hall–Kier alpha value is -3.01. The number of nitrogen functional groups attached to an aromatic ring is 1. The largest absolute Gasteiger partial charge is 0.385 e. The number of aromatic amines is 2. The van der Waals surface area contributed by atoms with E-state index in [1.54, 1.807) is 0 Å². The summed E-state index contributed by atoms with van der Waals surface area (Å²) in [5.74, 6) is 0.437. The maximum Gasteiger partial charge on any atom is 0.273 e. The van der Waals surface area contributed by atoms with Gasteiger partial charge in [0.1, 0.15) is 29.3 Å². The van der Waals surface area contributed by atoms with Gasteiger partial charge in [-0.25, -0.2) is 9.97 Å². The van der Waals surface area contributed by atoms with Crippen LogP contribution in [0.2, 0.25) is 0 Å². The number of hydrogen-bond acceptors (Lipinski definition) is 7. The summed E-state index contributed by atoms with van der Waals surface area (Å²) in [6.07, 6.45) is 2.98. The molecule has 3 rings (SSSR count). The molecule has 0 unspecified atom stereocenters. The Labute approximate surface area is 137 Å². The van der Waals surface area contributed by atoms with Gasteiger partial charge in [0.05, 0.1) is 15.6 Å². The first kappa shape index (κ1) is 14.9. The predicted octanol–water partition coefficient (Wildman–Crippen LogP) is 1.54. The third-order valence-electron chi connectivity index (χ3n) is 3.19. The molecule has 0 fully saturated rings. The molecule has 10 heteroatoms. The van der Waals surface area contributed by atoms with Crippen molar-refractivity contribution in [2.45, 2.75) is 0 Å². The number of nitrogens with zero attached hydrogens (tertiary/aromatic N) is 2. The van der Waals surface area contributed by atoms with Crippen molar-refractivity contribution < 1.29 is 4.79 Å². The Bertz CT molecular complexity index is 992. The first-order chi connectivity index (χ1) is 11.0. The van der Waals surface area contributed by atoms with Gasteiger partial charge in [0.2, 0.25) is 0 Å². The number of aromatic nitrogens is 4. The Balaban J connectivity index is 2.16. The highest BCUT2D eigenvalue weighted by Crippen LogP contribution is 2.31. The molecule has 0 aliphatic rings. The van der Waals surface area contributed by atoms with E-state index in [0.29, 0.717) is 38.9 Å². The molecule has 3 aromatic rings. The van der Waals surface area contributed by atoms with E-state index in [9.17, 15) is 9.59 Å². The van der Waals surface area contributed by atoms with E-state index >= 15 is 0 Å². The quantitative estimate of drug-likeness (QED) is 0.344. The highest BCUT2D eigenvalue weighted by atomic mass is 79.9. The summed E-state index contributed by atoms with van der Waals surface area (Å²) >= 11 is 3.31. The fourth-order valence-electron chi connectivity index (χ4n) is 2.08. The van der Waals surface area contributed by atoms with Crippen LogP contribution in [0, 0.1) is 5.41 Å². The van der Waals surface area contributed by atoms with Gasteiger partial charge in [0.25, 0.3) is 5.56 Å². The van der Waals surface area contributed by atoms with Crippen molar-refractivity contribution in [1.82, 2.24) is 19.9 Å². The maximum atomic E-state index is 12.0. The third kappa shape index (κ3) is 2.48. The minimum Gasteiger partial charge on any atom is -0.385 e. The van der Waals surface area contributed by atoms with E-state index in [1.807, 2.05) is 0 Å². The van der Waals surface area contributed by atoms with Crippen LogP contribution in [0.3, 0.4) is 0 Å². The van der Waals surface area contributed by atoms with E-state index in [1.165, 1.54) is 12.4 Å². The average molecular weight is 376 g/mol. The second kappa shape index (κ2) is 5.65. The topological polar surface area (TPSA) is 153 Å². The number of nitrogens with one attached hydrogen (secondary N) is 4. The lowest BCUT2D eigenvalue weighted by Crippen LogP contribution is -2.15. The fraction of sp³-hybridized carbons (Fsp3) is 0. The molecule has 0 radical (unpaired) electrons. The summed E-state index contributed by atoms with van der Waals surface area (Å²) in [7, 11) is 0. The van der Waals surface area contributed by atoms with Crippen LogP contribution in [-0.4, -0.2) is 32.4 Å². The zero-order valence-corrected chi connectivity index (χ0v) is 13.1. The zero-order valence-electron chi connectivity index (χ0n) is 11.5. The molecule has 0 saturated carbocycles. The Morgan fingerprint density at radius 3 is 2.83 bits per heavy atom. The van der Waals surface area contributed by atoms with Gasteiger partial charge in [-0.2, -0.15) is 0 Å². The summed E-state index contributed by atoms with van der Waals surface area (Å²) in [4.78, 5) is 36.5. The number of pyridine rings is 1. The molecule has 23 heavy (non-hydrogen) atoms. The first-order valence-corrected chi connectivity index (χ1v) is 7.12. The van der Waals surface area contributed by atoms with Gasteiger partial charge in [-0.1, -0.05) is 0 Å². The van der Waals surface area contributed by atoms with Gasteiger partial charge >= 0.3 is 0 Å². The molecule has 0 aliphatic heterocycles. The number of aldehydes is 1. The van der Waals surface area contributed by atoms with Gasteiger partial charge in [-0.15, -0.1) is 0 Å². The maximum absolute atomic E-state index is 12.0. The second-order valence-electron chi connectivity index (χ2n) is 4.57. The fourth-order valence-corrected chi connectivity index (χ4v) is 2.65.